The number of benzene rings is 1. The largest absolute Gasteiger partial charge is 0.493 e. The lowest BCUT2D eigenvalue weighted by atomic mass is 9.88. The molecule has 0 unspecified atom stereocenters. The minimum absolute atomic E-state index is 0.258. The van der Waals surface area contributed by atoms with Crippen molar-refractivity contribution in [1.29, 1.82) is 0 Å². The first-order valence-electron chi connectivity index (χ1n) is 10.8. The zero-order valence-corrected chi connectivity index (χ0v) is 17.1. The van der Waals surface area contributed by atoms with Crippen LogP contribution in [0, 0.1) is 5.92 Å². The van der Waals surface area contributed by atoms with Crippen LogP contribution in [-0.2, 0) is 6.54 Å². The van der Waals surface area contributed by atoms with Crippen LogP contribution in [0.15, 0.2) is 12.1 Å². The highest BCUT2D eigenvalue weighted by Gasteiger charge is 2.29. The van der Waals surface area contributed by atoms with Crippen molar-refractivity contribution in [2.24, 2.45) is 5.92 Å². The van der Waals surface area contributed by atoms with Crippen LogP contribution in [0.5, 0.6) is 17.2 Å². The molecule has 0 aromatic heterocycles. The van der Waals surface area contributed by atoms with Crippen LogP contribution in [0.2, 0.25) is 0 Å². The summed E-state index contributed by atoms with van der Waals surface area (Å²) >= 11 is 0. The number of ether oxygens (including phenoxy) is 3. The Morgan fingerprint density at radius 2 is 2.00 bits per heavy atom. The highest BCUT2D eigenvalue weighted by Crippen LogP contribution is 2.42. The van der Waals surface area contributed by atoms with Gasteiger partial charge in [0.2, 0.25) is 12.5 Å². The van der Waals surface area contributed by atoms with Gasteiger partial charge >= 0.3 is 0 Å². The molecule has 156 valence electrons. The molecular weight excluding hydrogens is 356 g/mol. The van der Waals surface area contributed by atoms with Crippen molar-refractivity contribution in [2.45, 2.75) is 51.1 Å². The third-order valence-electron chi connectivity index (χ3n) is 6.49. The zero-order chi connectivity index (χ0) is 19.3. The number of rotatable bonds is 7. The van der Waals surface area contributed by atoms with E-state index in [4.69, 9.17) is 14.2 Å². The number of hydrogen-bond donors (Lipinski definition) is 1. The second-order valence-electron chi connectivity index (χ2n) is 8.43. The standard InChI is InChI=1S/C22H34N2O4/c1-26-20-11-18(12-21-22(20)28-16-27-21)13-23-8-9-24(19(15-23)7-10-25)14-17-5-3-2-4-6-17/h11-12,17,19,25H,2-10,13-16H2,1H3/t19-/m0/s1. The molecule has 1 saturated heterocycles. The molecule has 2 aliphatic heterocycles. The molecule has 2 fully saturated rings. The molecule has 1 aliphatic carbocycles. The molecule has 4 rings (SSSR count). The molecule has 1 aromatic carbocycles. The Morgan fingerprint density at radius 3 is 2.79 bits per heavy atom. The summed E-state index contributed by atoms with van der Waals surface area (Å²) in [6.07, 6.45) is 7.80. The smallest absolute Gasteiger partial charge is 0.231 e. The Labute approximate surface area is 168 Å². The van der Waals surface area contributed by atoms with E-state index in [9.17, 15) is 5.11 Å². The summed E-state index contributed by atoms with van der Waals surface area (Å²) in [6, 6.07) is 4.57. The number of fused-ring (bicyclic) bond motifs is 1. The van der Waals surface area contributed by atoms with Crippen molar-refractivity contribution in [3.63, 3.8) is 0 Å². The van der Waals surface area contributed by atoms with Gasteiger partial charge in [0.1, 0.15) is 0 Å². The Bertz CT molecular complexity index is 648. The predicted octanol–water partition coefficient (Wildman–Crippen LogP) is 2.87. The van der Waals surface area contributed by atoms with Gasteiger partial charge in [-0.05, 0) is 42.9 Å². The fraction of sp³-hybridized carbons (Fsp3) is 0.727. The number of nitrogens with zero attached hydrogens (tertiary/aromatic N) is 2. The third-order valence-corrected chi connectivity index (χ3v) is 6.49. The van der Waals surface area contributed by atoms with E-state index < -0.39 is 0 Å². The van der Waals surface area contributed by atoms with E-state index >= 15 is 0 Å². The maximum atomic E-state index is 9.60. The van der Waals surface area contributed by atoms with Crippen LogP contribution >= 0.6 is 0 Å². The minimum Gasteiger partial charge on any atom is -0.493 e. The van der Waals surface area contributed by atoms with Crippen molar-refractivity contribution in [1.82, 2.24) is 9.80 Å². The van der Waals surface area contributed by atoms with E-state index in [1.807, 2.05) is 0 Å². The Balaban J connectivity index is 1.38. The average Bonchev–Trinajstić information content (AvgIpc) is 3.19. The maximum absolute atomic E-state index is 9.60. The van der Waals surface area contributed by atoms with Gasteiger partial charge in [0.25, 0.3) is 0 Å². The van der Waals surface area contributed by atoms with Crippen molar-refractivity contribution < 1.29 is 19.3 Å². The van der Waals surface area contributed by atoms with Crippen LogP contribution in [0.1, 0.15) is 44.1 Å². The lowest BCUT2D eigenvalue weighted by Crippen LogP contribution is -2.54. The number of methoxy groups -OCH3 is 1. The molecular formula is C22H34N2O4. The van der Waals surface area contributed by atoms with Crippen molar-refractivity contribution in [3.05, 3.63) is 17.7 Å². The first-order chi connectivity index (χ1) is 13.8. The van der Waals surface area contributed by atoms with Gasteiger partial charge in [-0.2, -0.15) is 0 Å². The summed E-state index contributed by atoms with van der Waals surface area (Å²) in [5, 5.41) is 9.60. The highest BCUT2D eigenvalue weighted by atomic mass is 16.7. The molecule has 1 saturated carbocycles. The zero-order valence-electron chi connectivity index (χ0n) is 17.1. The van der Waals surface area contributed by atoms with E-state index in [2.05, 4.69) is 21.9 Å². The Morgan fingerprint density at radius 1 is 1.14 bits per heavy atom. The van der Waals surface area contributed by atoms with Gasteiger partial charge in [-0.25, -0.2) is 0 Å². The summed E-state index contributed by atoms with van der Waals surface area (Å²) in [5.41, 5.74) is 1.18. The van der Waals surface area contributed by atoms with E-state index in [0.717, 1.165) is 50.0 Å². The van der Waals surface area contributed by atoms with Gasteiger partial charge in [0, 0.05) is 45.4 Å². The summed E-state index contributed by atoms with van der Waals surface area (Å²) in [7, 11) is 1.67. The Kier molecular flexibility index (Phi) is 6.60. The second-order valence-corrected chi connectivity index (χ2v) is 8.43. The van der Waals surface area contributed by atoms with E-state index in [0.29, 0.717) is 11.8 Å². The fourth-order valence-electron chi connectivity index (χ4n) is 5.00. The maximum Gasteiger partial charge on any atom is 0.231 e. The summed E-state index contributed by atoms with van der Waals surface area (Å²) < 4.78 is 16.6. The van der Waals surface area contributed by atoms with Crippen LogP contribution in [0.3, 0.4) is 0 Å². The molecule has 1 N–H and O–H groups in total. The molecule has 0 spiro atoms. The number of aliphatic hydroxyl groups excluding tert-OH is 1. The first-order valence-corrected chi connectivity index (χ1v) is 10.8. The molecule has 6 nitrogen and oxygen atoms in total. The minimum atomic E-state index is 0.258. The van der Waals surface area contributed by atoms with Crippen molar-refractivity contribution >= 4 is 0 Å². The van der Waals surface area contributed by atoms with E-state index in [1.165, 1.54) is 44.2 Å². The van der Waals surface area contributed by atoms with Gasteiger partial charge in [-0.1, -0.05) is 19.3 Å². The van der Waals surface area contributed by atoms with Crippen molar-refractivity contribution in [3.8, 4) is 17.2 Å². The quantitative estimate of drug-likeness (QED) is 0.773. The molecule has 0 bridgehead atoms. The van der Waals surface area contributed by atoms with Gasteiger partial charge in [0.05, 0.1) is 7.11 Å². The van der Waals surface area contributed by atoms with Gasteiger partial charge < -0.3 is 19.3 Å². The van der Waals surface area contributed by atoms with Crippen LogP contribution in [-0.4, -0.2) is 67.6 Å². The fourth-order valence-corrected chi connectivity index (χ4v) is 5.00. The summed E-state index contributed by atoms with van der Waals surface area (Å²) in [4.78, 5) is 5.14. The van der Waals surface area contributed by atoms with Crippen LogP contribution in [0.4, 0.5) is 0 Å². The monoisotopic (exact) mass is 390 g/mol. The highest BCUT2D eigenvalue weighted by molar-refractivity contribution is 5.55. The predicted molar refractivity (Wildman–Crippen MR) is 108 cm³/mol. The second kappa shape index (κ2) is 9.33. The molecule has 1 atom stereocenters. The van der Waals surface area contributed by atoms with Gasteiger partial charge in [-0.15, -0.1) is 0 Å². The molecule has 6 heteroatoms. The molecule has 2 heterocycles. The summed E-state index contributed by atoms with van der Waals surface area (Å²) in [6.45, 7) is 5.74. The van der Waals surface area contributed by atoms with Crippen LogP contribution in [0.25, 0.3) is 0 Å². The molecule has 1 aromatic rings. The molecule has 0 radical (unpaired) electrons. The van der Waals surface area contributed by atoms with E-state index in [1.54, 1.807) is 7.11 Å². The van der Waals surface area contributed by atoms with Crippen molar-refractivity contribution in [2.75, 3.05) is 46.7 Å². The third kappa shape index (κ3) is 4.56. The van der Waals surface area contributed by atoms with Gasteiger partial charge in [-0.3, -0.25) is 9.80 Å². The molecule has 3 aliphatic rings. The van der Waals surface area contributed by atoms with E-state index in [-0.39, 0.29) is 13.4 Å². The normalized spacial score (nSPS) is 23.9. The number of piperazine rings is 1. The lowest BCUT2D eigenvalue weighted by molar-refractivity contribution is 0.0400. The number of hydrogen-bond acceptors (Lipinski definition) is 6. The Hall–Kier alpha value is -1.50. The molecule has 0 amide bonds. The average molecular weight is 391 g/mol. The number of aliphatic hydroxyl groups is 1. The van der Waals surface area contributed by atoms with Crippen LogP contribution < -0.4 is 14.2 Å². The topological polar surface area (TPSA) is 54.4 Å². The lowest BCUT2D eigenvalue weighted by Gasteiger charge is -2.43. The van der Waals surface area contributed by atoms with Gasteiger partial charge in [0.15, 0.2) is 11.5 Å². The first kappa shape index (κ1) is 19.8. The molecule has 28 heavy (non-hydrogen) atoms. The SMILES string of the molecule is COc1cc(CN2CCN(CC3CCCCC3)[C@@H](CCO)C2)cc2c1OCO2. The summed E-state index contributed by atoms with van der Waals surface area (Å²) in [5.74, 6) is 3.08.